The Morgan fingerprint density at radius 2 is 1.76 bits per heavy atom. The van der Waals surface area contributed by atoms with E-state index in [4.69, 9.17) is 21.7 Å². The van der Waals surface area contributed by atoms with Gasteiger partial charge in [-0.25, -0.2) is 0 Å². The van der Waals surface area contributed by atoms with Gasteiger partial charge in [-0.2, -0.15) is 0 Å². The first kappa shape index (κ1) is 26.6. The second kappa shape index (κ2) is 11.7. The summed E-state index contributed by atoms with van der Waals surface area (Å²) >= 11 is 5.30. The molecule has 9 heteroatoms. The fourth-order valence-corrected chi connectivity index (χ4v) is 4.14. The van der Waals surface area contributed by atoms with Crippen molar-refractivity contribution in [3.05, 3.63) is 89.0 Å². The van der Waals surface area contributed by atoms with E-state index in [9.17, 15) is 14.4 Å². The average Bonchev–Trinajstić information content (AvgIpc) is 2.91. The van der Waals surface area contributed by atoms with E-state index in [-0.39, 0.29) is 28.9 Å². The SMILES string of the molecule is CCc1ccc(N2C(=O)/C(=C/c3cccc(OC)c3OCC(=O)Nc3ccc(C)cc3)C(=O)NC2=S)cc1. The molecule has 0 radical (unpaired) electrons. The molecule has 0 unspecified atom stereocenters. The smallest absolute Gasteiger partial charge is 0.270 e. The summed E-state index contributed by atoms with van der Waals surface area (Å²) < 4.78 is 11.2. The molecule has 1 saturated heterocycles. The lowest BCUT2D eigenvalue weighted by Crippen LogP contribution is -2.54. The maximum absolute atomic E-state index is 13.4. The van der Waals surface area contributed by atoms with E-state index >= 15 is 0 Å². The number of amides is 3. The third-order valence-corrected chi connectivity index (χ3v) is 6.20. The molecule has 1 aliphatic heterocycles. The number of aryl methyl sites for hydroxylation is 2. The highest BCUT2D eigenvalue weighted by Gasteiger charge is 2.34. The second-order valence-corrected chi connectivity index (χ2v) is 8.95. The first-order valence-electron chi connectivity index (χ1n) is 12.0. The minimum Gasteiger partial charge on any atom is -0.493 e. The highest BCUT2D eigenvalue weighted by molar-refractivity contribution is 7.80. The summed E-state index contributed by atoms with van der Waals surface area (Å²) in [6, 6.07) is 19.8. The van der Waals surface area contributed by atoms with Gasteiger partial charge in [-0.15, -0.1) is 0 Å². The van der Waals surface area contributed by atoms with Crippen molar-refractivity contribution >= 4 is 52.5 Å². The molecule has 194 valence electrons. The van der Waals surface area contributed by atoms with Gasteiger partial charge in [0.1, 0.15) is 5.57 Å². The summed E-state index contributed by atoms with van der Waals surface area (Å²) in [5.41, 5.74) is 3.61. The maximum atomic E-state index is 13.4. The van der Waals surface area contributed by atoms with E-state index in [1.54, 1.807) is 42.5 Å². The molecule has 1 fully saturated rings. The fourth-order valence-electron chi connectivity index (χ4n) is 3.86. The van der Waals surface area contributed by atoms with Crippen LogP contribution in [0.5, 0.6) is 11.5 Å². The van der Waals surface area contributed by atoms with Crippen LogP contribution < -0.4 is 25.0 Å². The van der Waals surface area contributed by atoms with Crippen LogP contribution in [0.15, 0.2) is 72.3 Å². The number of para-hydroxylation sites is 1. The zero-order chi connectivity index (χ0) is 27.2. The molecule has 8 nitrogen and oxygen atoms in total. The Bertz CT molecular complexity index is 1420. The number of nitrogens with one attached hydrogen (secondary N) is 2. The Balaban J connectivity index is 1.60. The molecule has 4 rings (SSSR count). The maximum Gasteiger partial charge on any atom is 0.270 e. The van der Waals surface area contributed by atoms with Gasteiger partial charge in [-0.1, -0.05) is 48.9 Å². The van der Waals surface area contributed by atoms with Crippen LogP contribution in [-0.2, 0) is 20.8 Å². The van der Waals surface area contributed by atoms with Crippen molar-refractivity contribution in [2.45, 2.75) is 20.3 Å². The molecule has 0 aliphatic carbocycles. The van der Waals surface area contributed by atoms with E-state index in [2.05, 4.69) is 10.6 Å². The lowest BCUT2D eigenvalue weighted by molar-refractivity contribution is -0.122. The number of hydrogen-bond donors (Lipinski definition) is 2. The Kier molecular flexibility index (Phi) is 8.18. The van der Waals surface area contributed by atoms with Crippen LogP contribution >= 0.6 is 12.2 Å². The molecule has 0 spiro atoms. The van der Waals surface area contributed by atoms with Gasteiger partial charge in [0.25, 0.3) is 17.7 Å². The Morgan fingerprint density at radius 3 is 2.42 bits per heavy atom. The topological polar surface area (TPSA) is 97.0 Å². The van der Waals surface area contributed by atoms with Crippen LogP contribution in [0.2, 0.25) is 0 Å². The van der Waals surface area contributed by atoms with Crippen LogP contribution in [0, 0.1) is 6.92 Å². The van der Waals surface area contributed by atoms with E-state index in [1.165, 1.54) is 18.1 Å². The molecule has 38 heavy (non-hydrogen) atoms. The molecule has 0 bridgehead atoms. The highest BCUT2D eigenvalue weighted by atomic mass is 32.1. The molecule has 3 aromatic carbocycles. The van der Waals surface area contributed by atoms with Gasteiger partial charge >= 0.3 is 0 Å². The number of thiocarbonyl (C=S) groups is 1. The van der Waals surface area contributed by atoms with Gasteiger partial charge in [0.05, 0.1) is 12.8 Å². The Labute approximate surface area is 226 Å². The van der Waals surface area contributed by atoms with Gasteiger partial charge in [-0.3, -0.25) is 24.6 Å². The van der Waals surface area contributed by atoms with Gasteiger partial charge in [0.15, 0.2) is 23.2 Å². The minimum atomic E-state index is -0.632. The summed E-state index contributed by atoms with van der Waals surface area (Å²) in [6.45, 7) is 3.68. The van der Waals surface area contributed by atoms with Gasteiger partial charge in [0.2, 0.25) is 0 Å². The van der Waals surface area contributed by atoms with Gasteiger partial charge in [-0.05, 0) is 67.5 Å². The molecular weight excluding hydrogens is 502 g/mol. The van der Waals surface area contributed by atoms with Crippen LogP contribution in [-0.4, -0.2) is 36.6 Å². The summed E-state index contributed by atoms with van der Waals surface area (Å²) in [5.74, 6) is -1.03. The van der Waals surface area contributed by atoms with Crippen LogP contribution in [0.1, 0.15) is 23.6 Å². The molecule has 0 atom stereocenters. The number of carbonyl (C=O) groups excluding carboxylic acids is 3. The fraction of sp³-hybridized carbons (Fsp3) is 0.172. The first-order chi connectivity index (χ1) is 18.3. The number of carbonyl (C=O) groups is 3. The number of rotatable bonds is 8. The Hall–Kier alpha value is -4.50. The molecule has 0 aromatic heterocycles. The van der Waals surface area contributed by atoms with E-state index in [1.807, 2.05) is 38.1 Å². The molecular formula is C29H27N3O5S. The molecule has 3 amide bonds. The number of nitrogens with zero attached hydrogens (tertiary/aromatic N) is 1. The average molecular weight is 530 g/mol. The number of anilines is 2. The van der Waals surface area contributed by atoms with Crippen LogP contribution in [0.25, 0.3) is 6.08 Å². The monoisotopic (exact) mass is 529 g/mol. The normalized spacial score (nSPS) is 14.3. The highest BCUT2D eigenvalue weighted by Crippen LogP contribution is 2.33. The standard InChI is InChI=1S/C29H27N3O5S/c1-4-19-10-14-22(15-11-19)32-28(35)23(27(34)31-29(32)38)16-20-6-5-7-24(36-3)26(20)37-17-25(33)30-21-12-8-18(2)9-13-21/h5-16H,4,17H2,1-3H3,(H,30,33)(H,31,34,38)/b23-16+. The lowest BCUT2D eigenvalue weighted by Gasteiger charge is -2.29. The van der Waals surface area contributed by atoms with E-state index in [0.29, 0.717) is 22.7 Å². The van der Waals surface area contributed by atoms with Crippen molar-refractivity contribution in [1.29, 1.82) is 0 Å². The predicted octanol–water partition coefficient (Wildman–Crippen LogP) is 4.41. The van der Waals surface area contributed by atoms with Crippen molar-refractivity contribution < 1.29 is 23.9 Å². The number of methoxy groups -OCH3 is 1. The molecule has 3 aromatic rings. The second-order valence-electron chi connectivity index (χ2n) is 8.56. The largest absolute Gasteiger partial charge is 0.493 e. The lowest BCUT2D eigenvalue weighted by atomic mass is 10.1. The summed E-state index contributed by atoms with van der Waals surface area (Å²) in [6.07, 6.45) is 2.25. The van der Waals surface area contributed by atoms with Crippen molar-refractivity contribution in [2.75, 3.05) is 23.9 Å². The van der Waals surface area contributed by atoms with Crippen molar-refractivity contribution in [3.8, 4) is 11.5 Å². The summed E-state index contributed by atoms with van der Waals surface area (Å²) in [5, 5.41) is 5.35. The molecule has 1 heterocycles. The van der Waals surface area contributed by atoms with Crippen molar-refractivity contribution in [1.82, 2.24) is 5.32 Å². The summed E-state index contributed by atoms with van der Waals surface area (Å²) in [7, 11) is 1.46. The first-order valence-corrected chi connectivity index (χ1v) is 12.4. The van der Waals surface area contributed by atoms with Crippen LogP contribution in [0.3, 0.4) is 0 Å². The zero-order valence-corrected chi connectivity index (χ0v) is 22.1. The Morgan fingerprint density at radius 1 is 1.05 bits per heavy atom. The quantitative estimate of drug-likeness (QED) is 0.255. The number of ether oxygens (including phenoxy) is 2. The number of benzene rings is 3. The van der Waals surface area contributed by atoms with Crippen molar-refractivity contribution in [3.63, 3.8) is 0 Å². The van der Waals surface area contributed by atoms with Gasteiger partial charge < -0.3 is 14.8 Å². The predicted molar refractivity (Wildman–Crippen MR) is 150 cm³/mol. The minimum absolute atomic E-state index is 0.00343. The zero-order valence-electron chi connectivity index (χ0n) is 21.2. The summed E-state index contributed by atoms with van der Waals surface area (Å²) in [4.78, 5) is 40.0. The van der Waals surface area contributed by atoms with Crippen LogP contribution in [0.4, 0.5) is 11.4 Å². The third-order valence-electron chi connectivity index (χ3n) is 5.92. The van der Waals surface area contributed by atoms with Gasteiger partial charge in [0, 0.05) is 11.3 Å². The van der Waals surface area contributed by atoms with E-state index in [0.717, 1.165) is 17.5 Å². The molecule has 1 aliphatic rings. The number of hydrogen-bond acceptors (Lipinski definition) is 6. The third kappa shape index (κ3) is 5.90. The molecule has 2 N–H and O–H groups in total. The van der Waals surface area contributed by atoms with Crippen molar-refractivity contribution in [2.24, 2.45) is 0 Å². The van der Waals surface area contributed by atoms with E-state index < -0.39 is 11.8 Å². The molecule has 0 saturated carbocycles.